The quantitative estimate of drug-likeness (QED) is 0.251. The van der Waals surface area contributed by atoms with Crippen LogP contribution in [0.4, 0.5) is 5.69 Å². The summed E-state index contributed by atoms with van der Waals surface area (Å²) in [5.41, 5.74) is 7.33. The molecule has 4 bridgehead atoms. The summed E-state index contributed by atoms with van der Waals surface area (Å²) in [5, 5.41) is 1.42. The van der Waals surface area contributed by atoms with Gasteiger partial charge in [0.25, 0.3) is 0 Å². The molecule has 8 nitrogen and oxygen atoms in total. The minimum absolute atomic E-state index is 0.0975. The van der Waals surface area contributed by atoms with Gasteiger partial charge in [0.05, 0.1) is 25.8 Å². The van der Waals surface area contributed by atoms with Crippen molar-refractivity contribution in [2.75, 3.05) is 38.8 Å². The number of rotatable bonds is 1. The van der Waals surface area contributed by atoms with Crippen molar-refractivity contribution in [1.82, 2.24) is 14.4 Å². The molecular formula is C41H48N4O4. The molecule has 2 aromatic carbocycles. The van der Waals surface area contributed by atoms with E-state index in [9.17, 15) is 4.79 Å². The minimum atomic E-state index is -0.756. The Morgan fingerprint density at radius 3 is 2.71 bits per heavy atom. The first kappa shape index (κ1) is 29.5. The van der Waals surface area contributed by atoms with Gasteiger partial charge in [0.15, 0.2) is 11.5 Å². The summed E-state index contributed by atoms with van der Waals surface area (Å²) in [4.78, 5) is 21.8. The lowest BCUT2D eigenvalue weighted by atomic mass is 9.52. The maximum atomic E-state index is 14.0. The van der Waals surface area contributed by atoms with E-state index in [0.29, 0.717) is 30.5 Å². The van der Waals surface area contributed by atoms with E-state index >= 15 is 0 Å². The molecule has 0 amide bonds. The van der Waals surface area contributed by atoms with Gasteiger partial charge in [0.1, 0.15) is 6.04 Å². The van der Waals surface area contributed by atoms with Crippen LogP contribution in [0.5, 0.6) is 0 Å². The summed E-state index contributed by atoms with van der Waals surface area (Å²) < 4.78 is 23.3. The SMILES string of the molecule is C/C=C1/CN2CCC34CC5C6C[C@H]7c8c(c9ccccc9n8C)C[C@@H]([C@@H]6CO[C@@]5(C)OC35C2C[C@@H]1[C@H](C(=O)OC)N5c1ccccc14)N7C. The molecule has 11 atom stereocenters. The number of aromatic nitrogens is 1. The molecule has 8 aliphatic rings. The summed E-state index contributed by atoms with van der Waals surface area (Å²) in [6, 6.07) is 18.5. The molecule has 49 heavy (non-hydrogen) atoms. The minimum Gasteiger partial charge on any atom is -0.467 e. The molecule has 5 unspecified atom stereocenters. The molecule has 8 heteroatoms. The Bertz CT molecular complexity index is 1970. The number of anilines is 1. The zero-order chi connectivity index (χ0) is 33.2. The smallest absolute Gasteiger partial charge is 0.329 e. The topological polar surface area (TPSA) is 59.4 Å². The van der Waals surface area contributed by atoms with Crippen molar-refractivity contribution >= 4 is 22.6 Å². The van der Waals surface area contributed by atoms with Gasteiger partial charge in [-0.1, -0.05) is 48.0 Å². The van der Waals surface area contributed by atoms with Gasteiger partial charge in [0, 0.05) is 71.6 Å². The largest absolute Gasteiger partial charge is 0.467 e. The number of likely N-dealkylation sites (N-methyl/N-ethyl adjacent to an activating group) is 1. The Morgan fingerprint density at radius 1 is 1.06 bits per heavy atom. The average molecular weight is 661 g/mol. The van der Waals surface area contributed by atoms with E-state index in [1.165, 1.54) is 27.7 Å². The molecule has 11 rings (SSSR count). The van der Waals surface area contributed by atoms with Crippen molar-refractivity contribution < 1.29 is 19.0 Å². The second-order valence-electron chi connectivity index (χ2n) is 16.8. The standard InChI is InChI=1S/C41H48N4O4/c1-6-23-21-44-16-15-40-20-30-26-17-34-36-27(24-11-7-9-13-31(24)43(36)4)18-33(42(34)3)28(26)22-48-39(30,2)49-41(40)35(44)19-25(23)37(38(46)47-5)45(41)32-14-10-8-12-29(32)40/h6-14,25-26,28,30,33-35,37H,15-22H2,1-5H3/b23-6-/t25-,26?,28+,30?,33-,34-,35?,37+,39-,40?,41?/m0/s1. The maximum Gasteiger partial charge on any atom is 0.329 e. The number of allylic oxidation sites excluding steroid dienone is 1. The van der Waals surface area contributed by atoms with E-state index in [1.54, 1.807) is 12.7 Å². The number of carbonyl (C=O) groups excluding carboxylic acids is 1. The van der Waals surface area contributed by atoms with E-state index < -0.39 is 17.6 Å². The summed E-state index contributed by atoms with van der Waals surface area (Å²) in [6.45, 7) is 7.02. The lowest BCUT2D eigenvalue weighted by Gasteiger charge is -2.72. The summed E-state index contributed by atoms with van der Waals surface area (Å²) in [5.74, 6) is 0.357. The van der Waals surface area contributed by atoms with Gasteiger partial charge < -0.3 is 23.7 Å². The van der Waals surface area contributed by atoms with E-state index in [1.807, 2.05) is 0 Å². The van der Waals surface area contributed by atoms with Crippen molar-refractivity contribution in [3.8, 4) is 0 Å². The monoisotopic (exact) mass is 660 g/mol. The van der Waals surface area contributed by atoms with Crippen LogP contribution in [0.2, 0.25) is 0 Å². The number of hydrogen-bond acceptors (Lipinski definition) is 7. The molecule has 8 aliphatic heterocycles. The van der Waals surface area contributed by atoms with E-state index in [2.05, 4.69) is 102 Å². The zero-order valence-electron chi connectivity index (χ0n) is 29.4. The maximum absolute atomic E-state index is 14.0. The Hall–Kier alpha value is -3.17. The van der Waals surface area contributed by atoms with Crippen LogP contribution in [0.15, 0.2) is 60.2 Å². The molecule has 1 spiro atoms. The van der Waals surface area contributed by atoms with Crippen molar-refractivity contribution in [2.24, 2.45) is 30.7 Å². The summed E-state index contributed by atoms with van der Waals surface area (Å²) in [7, 11) is 6.19. The van der Waals surface area contributed by atoms with Crippen LogP contribution in [0, 0.1) is 23.7 Å². The lowest BCUT2D eigenvalue weighted by Crippen LogP contribution is -2.85. The fourth-order valence-electron chi connectivity index (χ4n) is 13.5. The predicted octanol–water partition coefficient (Wildman–Crippen LogP) is 5.54. The molecule has 0 N–H and O–H groups in total. The van der Waals surface area contributed by atoms with Crippen LogP contribution in [0.1, 0.15) is 62.4 Å². The summed E-state index contributed by atoms with van der Waals surface area (Å²) in [6.07, 6.45) is 7.36. The molecule has 0 radical (unpaired) electrons. The number of hydrogen-bond donors (Lipinski definition) is 0. The first-order valence-electron chi connectivity index (χ1n) is 18.7. The van der Waals surface area contributed by atoms with Gasteiger partial charge in [0.2, 0.25) is 0 Å². The van der Waals surface area contributed by atoms with Crippen molar-refractivity contribution in [3.05, 3.63) is 77.0 Å². The highest BCUT2D eigenvalue weighted by Gasteiger charge is 2.80. The van der Waals surface area contributed by atoms with Gasteiger partial charge in [-0.15, -0.1) is 0 Å². The predicted molar refractivity (Wildman–Crippen MR) is 187 cm³/mol. The van der Waals surface area contributed by atoms with Gasteiger partial charge in [-0.3, -0.25) is 9.80 Å². The van der Waals surface area contributed by atoms with Crippen LogP contribution >= 0.6 is 0 Å². The molecule has 6 saturated heterocycles. The Morgan fingerprint density at radius 2 is 1.88 bits per heavy atom. The van der Waals surface area contributed by atoms with Crippen LogP contribution in [0.25, 0.3) is 10.9 Å². The van der Waals surface area contributed by atoms with E-state index in [4.69, 9.17) is 14.2 Å². The van der Waals surface area contributed by atoms with Gasteiger partial charge in [-0.05, 0) is 82.2 Å². The molecule has 256 valence electrons. The third-order valence-corrected chi connectivity index (χ3v) is 15.5. The molecule has 6 fully saturated rings. The van der Waals surface area contributed by atoms with Crippen molar-refractivity contribution in [2.45, 2.75) is 87.0 Å². The normalized spacial score (nSPS) is 43.8. The van der Waals surface area contributed by atoms with Crippen LogP contribution in [-0.2, 0) is 37.9 Å². The first-order chi connectivity index (χ1) is 23.8. The summed E-state index contributed by atoms with van der Waals surface area (Å²) >= 11 is 0. The molecule has 3 aromatic rings. The second kappa shape index (κ2) is 9.58. The number of methoxy groups -OCH3 is 1. The highest BCUT2D eigenvalue weighted by atomic mass is 16.7. The average Bonchev–Trinajstić information content (AvgIpc) is 3.53. The van der Waals surface area contributed by atoms with Crippen LogP contribution in [0.3, 0.4) is 0 Å². The number of aryl methyl sites for hydroxylation is 1. The number of para-hydroxylation sites is 2. The van der Waals surface area contributed by atoms with Gasteiger partial charge >= 0.3 is 5.97 Å². The number of esters is 1. The van der Waals surface area contributed by atoms with Crippen molar-refractivity contribution in [3.63, 3.8) is 0 Å². The van der Waals surface area contributed by atoms with Crippen LogP contribution in [-0.4, -0.2) is 83.8 Å². The Balaban J connectivity index is 1.07. The Kier molecular flexibility index (Phi) is 5.78. The number of piperidine rings is 4. The molecule has 0 aliphatic carbocycles. The lowest BCUT2D eigenvalue weighted by molar-refractivity contribution is -0.401. The third kappa shape index (κ3) is 3.26. The first-order valence-corrected chi connectivity index (χ1v) is 18.7. The fraction of sp³-hybridized carbons (Fsp3) is 0.585. The number of nitrogens with zero attached hydrogens (tertiary/aromatic N) is 4. The number of fused-ring (bicyclic) bond motifs is 13. The van der Waals surface area contributed by atoms with E-state index in [0.717, 1.165) is 50.9 Å². The van der Waals surface area contributed by atoms with E-state index in [-0.39, 0.29) is 29.3 Å². The van der Waals surface area contributed by atoms with Gasteiger partial charge in [-0.2, -0.15) is 0 Å². The second-order valence-corrected chi connectivity index (χ2v) is 16.8. The van der Waals surface area contributed by atoms with Crippen molar-refractivity contribution in [1.29, 1.82) is 0 Å². The zero-order valence-corrected chi connectivity index (χ0v) is 29.4. The number of carbonyl (C=O) groups is 1. The Labute approximate surface area is 288 Å². The molecule has 9 heterocycles. The number of benzene rings is 2. The number of ether oxygens (including phenoxy) is 3. The third-order valence-electron chi connectivity index (χ3n) is 15.5. The van der Waals surface area contributed by atoms with Gasteiger partial charge in [-0.25, -0.2) is 4.79 Å². The highest BCUT2D eigenvalue weighted by molar-refractivity contribution is 5.87. The molecule has 1 aromatic heterocycles. The molecular weight excluding hydrogens is 612 g/mol. The molecule has 0 saturated carbocycles. The highest BCUT2D eigenvalue weighted by Crippen LogP contribution is 2.72. The van der Waals surface area contributed by atoms with Crippen LogP contribution < -0.4 is 4.90 Å². The fourth-order valence-corrected chi connectivity index (χ4v) is 13.5.